The highest BCUT2D eigenvalue weighted by Gasteiger charge is 2.20. The van der Waals surface area contributed by atoms with Gasteiger partial charge in [-0.25, -0.2) is 0 Å². The second-order valence-electron chi connectivity index (χ2n) is 4.91. The van der Waals surface area contributed by atoms with Crippen molar-refractivity contribution in [1.29, 1.82) is 0 Å². The summed E-state index contributed by atoms with van der Waals surface area (Å²) in [5, 5.41) is 0. The summed E-state index contributed by atoms with van der Waals surface area (Å²) < 4.78 is 11.2. The molecule has 0 aliphatic carbocycles. The summed E-state index contributed by atoms with van der Waals surface area (Å²) in [4.78, 5) is 13.8. The molecule has 5 heteroatoms. The van der Waals surface area contributed by atoms with Crippen LogP contribution < -0.4 is 5.73 Å². The van der Waals surface area contributed by atoms with Crippen molar-refractivity contribution in [1.82, 2.24) is 4.90 Å². The first kappa shape index (κ1) is 15.5. The second-order valence-corrected chi connectivity index (χ2v) is 4.91. The van der Waals surface area contributed by atoms with Gasteiger partial charge in [-0.1, -0.05) is 37.3 Å². The number of rotatable bonds is 6. The van der Waals surface area contributed by atoms with Crippen LogP contribution in [0.4, 0.5) is 0 Å². The van der Waals surface area contributed by atoms with Gasteiger partial charge in [-0.15, -0.1) is 0 Å². The number of hydrogen-bond donors (Lipinski definition) is 1. The van der Waals surface area contributed by atoms with Crippen LogP contribution >= 0.6 is 0 Å². The van der Waals surface area contributed by atoms with E-state index in [1.165, 1.54) is 6.26 Å². The molecule has 1 aliphatic heterocycles. The fourth-order valence-electron chi connectivity index (χ4n) is 2.34. The van der Waals surface area contributed by atoms with Crippen LogP contribution in [0.5, 0.6) is 0 Å². The van der Waals surface area contributed by atoms with Crippen molar-refractivity contribution in [2.24, 2.45) is 5.73 Å². The van der Waals surface area contributed by atoms with Gasteiger partial charge in [0.1, 0.15) is 0 Å². The van der Waals surface area contributed by atoms with Gasteiger partial charge in [-0.05, 0) is 12.0 Å². The third kappa shape index (κ3) is 4.31. The van der Waals surface area contributed by atoms with Gasteiger partial charge in [0.15, 0.2) is 6.23 Å². The van der Waals surface area contributed by atoms with Crippen LogP contribution in [0.15, 0.2) is 36.6 Å². The molecule has 21 heavy (non-hydrogen) atoms. The highest BCUT2D eigenvalue weighted by molar-refractivity contribution is 6.18. The molecule has 0 spiro atoms. The minimum absolute atomic E-state index is 0.0630. The maximum Gasteiger partial charge on any atom is 0.252 e. The van der Waals surface area contributed by atoms with Crippen LogP contribution in [-0.4, -0.2) is 43.3 Å². The zero-order valence-electron chi connectivity index (χ0n) is 12.3. The number of ether oxygens (including phenoxy) is 2. The summed E-state index contributed by atoms with van der Waals surface area (Å²) in [5.74, 6) is -0.488. The molecule has 1 saturated heterocycles. The molecule has 1 amide bonds. The van der Waals surface area contributed by atoms with Crippen LogP contribution in [0, 0.1) is 0 Å². The maximum atomic E-state index is 11.6. The van der Waals surface area contributed by atoms with E-state index in [9.17, 15) is 4.79 Å². The number of benzene rings is 1. The van der Waals surface area contributed by atoms with Crippen LogP contribution in [-0.2, 0) is 14.3 Å². The van der Waals surface area contributed by atoms with Crippen LogP contribution in [0.2, 0.25) is 0 Å². The smallest absolute Gasteiger partial charge is 0.252 e. The molecule has 114 valence electrons. The van der Waals surface area contributed by atoms with Crippen LogP contribution in [0.3, 0.4) is 0 Å². The lowest BCUT2D eigenvalue weighted by atomic mass is 10.1. The molecule has 0 aromatic heterocycles. The third-order valence-corrected chi connectivity index (χ3v) is 3.50. The molecular formula is C16H22N2O3. The average molecular weight is 290 g/mol. The van der Waals surface area contributed by atoms with Gasteiger partial charge >= 0.3 is 0 Å². The molecule has 2 N–H and O–H groups in total. The van der Waals surface area contributed by atoms with Crippen molar-refractivity contribution in [3.8, 4) is 0 Å². The van der Waals surface area contributed by atoms with E-state index in [-0.39, 0.29) is 6.23 Å². The van der Waals surface area contributed by atoms with E-state index in [0.29, 0.717) is 18.8 Å². The number of carbonyl (C=O) groups excluding carboxylic acids is 1. The standard InChI is InChI=1S/C16H22N2O3/c1-2-15(18-8-10-20-11-9-18)21-12-14(16(17)19)13-6-4-3-5-7-13/h3-7,12,15H,2,8-11H2,1H3,(H2,17,19). The first-order valence-electron chi connectivity index (χ1n) is 7.25. The van der Waals surface area contributed by atoms with Gasteiger partial charge in [-0.2, -0.15) is 0 Å². The Morgan fingerprint density at radius 1 is 1.38 bits per heavy atom. The van der Waals surface area contributed by atoms with Crippen molar-refractivity contribution < 1.29 is 14.3 Å². The van der Waals surface area contributed by atoms with E-state index in [4.69, 9.17) is 15.2 Å². The number of nitrogens with zero attached hydrogens (tertiary/aromatic N) is 1. The van der Waals surface area contributed by atoms with Crippen LogP contribution in [0.25, 0.3) is 5.57 Å². The molecule has 5 nitrogen and oxygen atoms in total. The highest BCUT2D eigenvalue weighted by Crippen LogP contribution is 2.16. The Bertz CT molecular complexity index is 482. The van der Waals surface area contributed by atoms with E-state index in [1.807, 2.05) is 30.3 Å². The second kappa shape index (κ2) is 7.81. The number of amides is 1. The molecule has 0 radical (unpaired) electrons. The number of morpholine rings is 1. The summed E-state index contributed by atoms with van der Waals surface area (Å²) in [6, 6.07) is 9.31. The number of carbonyl (C=O) groups is 1. The first-order chi connectivity index (χ1) is 10.2. The van der Waals surface area contributed by atoms with E-state index < -0.39 is 5.91 Å². The molecule has 1 heterocycles. The van der Waals surface area contributed by atoms with E-state index in [2.05, 4.69) is 11.8 Å². The predicted molar refractivity (Wildman–Crippen MR) is 81.2 cm³/mol. The third-order valence-electron chi connectivity index (χ3n) is 3.50. The Morgan fingerprint density at radius 2 is 2.05 bits per heavy atom. The maximum absolute atomic E-state index is 11.6. The summed E-state index contributed by atoms with van der Waals surface area (Å²) in [7, 11) is 0. The molecule has 0 bridgehead atoms. The highest BCUT2D eigenvalue weighted by atomic mass is 16.5. The molecular weight excluding hydrogens is 268 g/mol. The van der Waals surface area contributed by atoms with Gasteiger partial charge < -0.3 is 15.2 Å². The molecule has 1 atom stereocenters. The lowest BCUT2D eigenvalue weighted by Gasteiger charge is -2.33. The lowest BCUT2D eigenvalue weighted by molar-refractivity contribution is -0.113. The van der Waals surface area contributed by atoms with Crippen molar-refractivity contribution >= 4 is 11.5 Å². The Balaban J connectivity index is 2.09. The topological polar surface area (TPSA) is 64.8 Å². The Kier molecular flexibility index (Phi) is 5.78. The van der Waals surface area contributed by atoms with Gasteiger partial charge in [0.25, 0.3) is 5.91 Å². The molecule has 2 rings (SSSR count). The zero-order valence-corrected chi connectivity index (χ0v) is 12.3. The van der Waals surface area contributed by atoms with Crippen molar-refractivity contribution in [3.63, 3.8) is 0 Å². The van der Waals surface area contributed by atoms with E-state index in [1.54, 1.807) is 0 Å². The van der Waals surface area contributed by atoms with E-state index in [0.717, 1.165) is 25.1 Å². The molecule has 1 unspecified atom stereocenters. The molecule has 1 aromatic rings. The van der Waals surface area contributed by atoms with E-state index >= 15 is 0 Å². The number of nitrogens with two attached hydrogens (primary N) is 1. The summed E-state index contributed by atoms with van der Waals surface area (Å²) >= 11 is 0. The molecule has 1 aliphatic rings. The zero-order chi connectivity index (χ0) is 15.1. The van der Waals surface area contributed by atoms with Crippen molar-refractivity contribution in [2.75, 3.05) is 26.3 Å². The molecule has 1 aromatic carbocycles. The summed E-state index contributed by atoms with van der Waals surface area (Å²) in [6.45, 7) is 5.16. The summed E-state index contributed by atoms with van der Waals surface area (Å²) in [5.41, 5.74) is 6.61. The normalized spacial score (nSPS) is 18.2. The largest absolute Gasteiger partial charge is 0.482 e. The lowest BCUT2D eigenvalue weighted by Crippen LogP contribution is -2.44. The number of hydrogen-bond acceptors (Lipinski definition) is 4. The summed E-state index contributed by atoms with van der Waals surface area (Å²) in [6.07, 6.45) is 2.26. The monoisotopic (exact) mass is 290 g/mol. The quantitative estimate of drug-likeness (QED) is 0.638. The Labute approximate surface area is 125 Å². The SMILES string of the molecule is CCC(OC=C(C(N)=O)c1ccccc1)N1CCOCC1. The minimum Gasteiger partial charge on any atom is -0.482 e. The number of primary amides is 1. The first-order valence-corrected chi connectivity index (χ1v) is 7.25. The molecule has 0 saturated carbocycles. The predicted octanol–water partition coefficient (Wildman–Crippen LogP) is 1.60. The fraction of sp³-hybridized carbons (Fsp3) is 0.438. The fourth-order valence-corrected chi connectivity index (χ4v) is 2.34. The molecule has 1 fully saturated rings. The van der Waals surface area contributed by atoms with Gasteiger partial charge in [-0.3, -0.25) is 9.69 Å². The van der Waals surface area contributed by atoms with Gasteiger partial charge in [0.05, 0.1) is 25.0 Å². The minimum atomic E-state index is -0.488. The van der Waals surface area contributed by atoms with Crippen molar-refractivity contribution in [2.45, 2.75) is 19.6 Å². The van der Waals surface area contributed by atoms with Crippen molar-refractivity contribution in [3.05, 3.63) is 42.2 Å². The van der Waals surface area contributed by atoms with Gasteiger partial charge in [0, 0.05) is 13.1 Å². The Hall–Kier alpha value is -1.85. The Morgan fingerprint density at radius 3 is 2.62 bits per heavy atom. The van der Waals surface area contributed by atoms with Gasteiger partial charge in [0.2, 0.25) is 0 Å². The average Bonchev–Trinajstić information content (AvgIpc) is 2.53. The van der Waals surface area contributed by atoms with Crippen LogP contribution in [0.1, 0.15) is 18.9 Å².